The predicted octanol–water partition coefficient (Wildman–Crippen LogP) is 5.46. The van der Waals surface area contributed by atoms with Gasteiger partial charge >= 0.3 is 0 Å². The van der Waals surface area contributed by atoms with Crippen LogP contribution in [0.3, 0.4) is 0 Å². The van der Waals surface area contributed by atoms with Crippen LogP contribution in [0, 0.1) is 0 Å². The molecular weight excluding hydrogens is 487 g/mol. The molecule has 3 rings (SSSR count). The molecule has 0 atom stereocenters. The van der Waals surface area contributed by atoms with Gasteiger partial charge in [0.05, 0.1) is 29.8 Å². The third-order valence-corrected chi connectivity index (χ3v) is 6.37. The van der Waals surface area contributed by atoms with E-state index in [4.69, 9.17) is 32.7 Å². The van der Waals surface area contributed by atoms with E-state index in [0.717, 1.165) is 5.56 Å². The second kappa shape index (κ2) is 10.6. The van der Waals surface area contributed by atoms with Gasteiger partial charge in [0.15, 0.2) is 11.5 Å². The van der Waals surface area contributed by atoms with Gasteiger partial charge in [0, 0.05) is 16.8 Å². The number of amides is 1. The molecule has 0 aromatic heterocycles. The molecule has 0 radical (unpaired) electrons. The lowest BCUT2D eigenvalue weighted by Gasteiger charge is -2.10. The van der Waals surface area contributed by atoms with E-state index in [1.165, 1.54) is 55.7 Å². The Hall–Kier alpha value is -3.20. The molecule has 3 aromatic carbocycles. The fourth-order valence-corrected chi connectivity index (χ4v) is 4.40. The molecule has 172 valence electrons. The number of halogens is 2. The zero-order valence-electron chi connectivity index (χ0n) is 17.6. The van der Waals surface area contributed by atoms with Gasteiger partial charge in [-0.3, -0.25) is 9.52 Å². The molecule has 2 N–H and O–H groups in total. The Morgan fingerprint density at radius 3 is 2.24 bits per heavy atom. The first-order valence-corrected chi connectivity index (χ1v) is 11.7. The Balaban J connectivity index is 1.66. The van der Waals surface area contributed by atoms with E-state index in [9.17, 15) is 13.2 Å². The highest BCUT2D eigenvalue weighted by Crippen LogP contribution is 2.29. The van der Waals surface area contributed by atoms with Crippen LogP contribution in [-0.2, 0) is 14.8 Å². The first-order valence-electron chi connectivity index (χ1n) is 9.51. The molecule has 0 bridgehead atoms. The summed E-state index contributed by atoms with van der Waals surface area (Å²) < 4.78 is 38.1. The number of rotatable bonds is 8. The Bertz CT molecular complexity index is 1290. The second-order valence-corrected chi connectivity index (χ2v) is 9.22. The summed E-state index contributed by atoms with van der Waals surface area (Å²) >= 11 is 11.9. The normalized spacial score (nSPS) is 11.3. The number of nitrogens with one attached hydrogen (secondary N) is 2. The molecule has 0 unspecified atom stereocenters. The lowest BCUT2D eigenvalue weighted by molar-refractivity contribution is -0.111. The SMILES string of the molecule is COc1ccc(C=CC(=O)Nc2ccc(S(=O)(=O)Nc3ccc(Cl)cc3Cl)cc2)cc1OC. The molecule has 33 heavy (non-hydrogen) atoms. The summed E-state index contributed by atoms with van der Waals surface area (Å²) in [7, 11) is -0.808. The highest BCUT2D eigenvalue weighted by Gasteiger charge is 2.16. The number of methoxy groups -OCH3 is 2. The molecular formula is C23H20Cl2N2O5S. The van der Waals surface area contributed by atoms with Crippen molar-refractivity contribution in [2.24, 2.45) is 0 Å². The van der Waals surface area contributed by atoms with Gasteiger partial charge in [-0.15, -0.1) is 0 Å². The molecule has 10 heteroatoms. The van der Waals surface area contributed by atoms with Crippen LogP contribution in [0.15, 0.2) is 71.6 Å². The van der Waals surface area contributed by atoms with E-state index < -0.39 is 10.0 Å². The van der Waals surface area contributed by atoms with Crippen LogP contribution in [0.5, 0.6) is 11.5 Å². The van der Waals surface area contributed by atoms with Crippen LogP contribution in [0.25, 0.3) is 6.08 Å². The van der Waals surface area contributed by atoms with Crippen LogP contribution in [0.4, 0.5) is 11.4 Å². The minimum atomic E-state index is -3.88. The van der Waals surface area contributed by atoms with Crippen molar-refractivity contribution >= 4 is 56.6 Å². The van der Waals surface area contributed by atoms with Gasteiger partial charge in [0.1, 0.15) is 0 Å². The van der Waals surface area contributed by atoms with Crippen LogP contribution in [0.1, 0.15) is 5.56 Å². The fourth-order valence-electron chi connectivity index (χ4n) is 2.81. The molecule has 0 aliphatic heterocycles. The number of hydrogen-bond donors (Lipinski definition) is 2. The summed E-state index contributed by atoms with van der Waals surface area (Å²) in [6.45, 7) is 0. The monoisotopic (exact) mass is 506 g/mol. The van der Waals surface area contributed by atoms with Crippen molar-refractivity contribution in [3.8, 4) is 11.5 Å². The maximum absolute atomic E-state index is 12.6. The number of anilines is 2. The molecule has 0 spiro atoms. The van der Waals surface area contributed by atoms with Crippen molar-refractivity contribution in [2.45, 2.75) is 4.90 Å². The molecule has 0 saturated carbocycles. The average molecular weight is 507 g/mol. The summed E-state index contributed by atoms with van der Waals surface area (Å²) in [6.07, 6.45) is 2.98. The van der Waals surface area contributed by atoms with Gasteiger partial charge in [0.25, 0.3) is 10.0 Å². The predicted molar refractivity (Wildman–Crippen MR) is 131 cm³/mol. The van der Waals surface area contributed by atoms with Crippen molar-refractivity contribution < 1.29 is 22.7 Å². The summed E-state index contributed by atoms with van der Waals surface area (Å²) in [4.78, 5) is 12.2. The summed E-state index contributed by atoms with van der Waals surface area (Å²) in [6, 6.07) is 15.4. The number of carbonyl (C=O) groups is 1. The van der Waals surface area contributed by atoms with Crippen LogP contribution >= 0.6 is 23.2 Å². The van der Waals surface area contributed by atoms with Crippen LogP contribution in [-0.4, -0.2) is 28.5 Å². The Morgan fingerprint density at radius 1 is 0.909 bits per heavy atom. The lowest BCUT2D eigenvalue weighted by Crippen LogP contribution is -2.13. The maximum Gasteiger partial charge on any atom is 0.261 e. The second-order valence-electron chi connectivity index (χ2n) is 6.69. The first kappa shape index (κ1) is 24.4. The van der Waals surface area contributed by atoms with E-state index >= 15 is 0 Å². The highest BCUT2D eigenvalue weighted by atomic mass is 35.5. The fraction of sp³-hybridized carbons (Fsp3) is 0.0870. The third kappa shape index (κ3) is 6.41. The van der Waals surface area contributed by atoms with Gasteiger partial charge in [-0.05, 0) is 66.2 Å². The van der Waals surface area contributed by atoms with Crippen LogP contribution < -0.4 is 19.5 Å². The van der Waals surface area contributed by atoms with E-state index in [2.05, 4.69) is 10.0 Å². The zero-order chi connectivity index (χ0) is 24.0. The van der Waals surface area contributed by atoms with Crippen molar-refractivity contribution in [1.82, 2.24) is 0 Å². The Kier molecular flexibility index (Phi) is 7.86. The zero-order valence-corrected chi connectivity index (χ0v) is 20.0. The third-order valence-electron chi connectivity index (χ3n) is 4.44. The maximum atomic E-state index is 12.6. The van der Waals surface area contributed by atoms with Crippen LogP contribution in [0.2, 0.25) is 10.0 Å². The van der Waals surface area contributed by atoms with Gasteiger partial charge < -0.3 is 14.8 Å². The molecule has 7 nitrogen and oxygen atoms in total. The molecule has 0 aliphatic rings. The quantitative estimate of drug-likeness (QED) is 0.395. The van der Waals surface area contributed by atoms with E-state index in [0.29, 0.717) is 22.2 Å². The van der Waals surface area contributed by atoms with Crippen molar-refractivity contribution in [2.75, 3.05) is 24.3 Å². The van der Waals surface area contributed by atoms with Gasteiger partial charge in [-0.2, -0.15) is 0 Å². The number of ether oxygens (including phenoxy) is 2. The number of hydrogen-bond acceptors (Lipinski definition) is 5. The summed E-state index contributed by atoms with van der Waals surface area (Å²) in [5.74, 6) is 0.749. The van der Waals surface area contributed by atoms with E-state index in [-0.39, 0.29) is 21.5 Å². The molecule has 0 heterocycles. The molecule has 0 aliphatic carbocycles. The van der Waals surface area contributed by atoms with Crippen molar-refractivity contribution in [3.05, 3.63) is 82.3 Å². The lowest BCUT2D eigenvalue weighted by atomic mass is 10.2. The highest BCUT2D eigenvalue weighted by molar-refractivity contribution is 7.92. The number of sulfonamides is 1. The van der Waals surface area contributed by atoms with Gasteiger partial charge in [0.2, 0.25) is 5.91 Å². The topological polar surface area (TPSA) is 93.7 Å². The summed E-state index contributed by atoms with van der Waals surface area (Å²) in [5.41, 5.74) is 1.38. The van der Waals surface area contributed by atoms with Gasteiger partial charge in [-0.25, -0.2) is 8.42 Å². The van der Waals surface area contributed by atoms with E-state index in [1.54, 1.807) is 31.4 Å². The van der Waals surface area contributed by atoms with Crippen molar-refractivity contribution in [1.29, 1.82) is 0 Å². The number of carbonyl (C=O) groups excluding carboxylic acids is 1. The Morgan fingerprint density at radius 2 is 1.61 bits per heavy atom. The molecule has 0 fully saturated rings. The molecule has 3 aromatic rings. The van der Waals surface area contributed by atoms with Gasteiger partial charge in [-0.1, -0.05) is 29.3 Å². The molecule has 0 saturated heterocycles. The largest absolute Gasteiger partial charge is 0.493 e. The summed E-state index contributed by atoms with van der Waals surface area (Å²) in [5, 5.41) is 3.24. The van der Waals surface area contributed by atoms with Crippen molar-refractivity contribution in [3.63, 3.8) is 0 Å². The molecule has 1 amide bonds. The minimum absolute atomic E-state index is 0.00684. The smallest absolute Gasteiger partial charge is 0.261 e. The first-order chi connectivity index (χ1) is 15.7. The number of benzene rings is 3. The Labute approximate surface area is 202 Å². The average Bonchev–Trinajstić information content (AvgIpc) is 2.79. The standard InChI is InChI=1S/C23H20Cl2N2O5S/c1-31-21-11-3-15(13-22(21)32-2)4-12-23(28)26-17-6-8-18(9-7-17)33(29,30)27-20-10-5-16(24)14-19(20)25/h3-14,27H,1-2H3,(H,26,28). The minimum Gasteiger partial charge on any atom is -0.493 e. The van der Waals surface area contributed by atoms with E-state index in [1.807, 2.05) is 0 Å².